The number of hydrogen-bond donors (Lipinski definition) is 2. The molecule has 2 N–H and O–H groups in total. The van der Waals surface area contributed by atoms with Crippen molar-refractivity contribution in [2.24, 2.45) is 5.92 Å². The summed E-state index contributed by atoms with van der Waals surface area (Å²) in [7, 11) is 0.614. The lowest BCUT2D eigenvalue weighted by molar-refractivity contribution is 0.220. The first-order valence-corrected chi connectivity index (χ1v) is 9.28. The van der Waals surface area contributed by atoms with Gasteiger partial charge in [0.15, 0.2) is 0 Å². The summed E-state index contributed by atoms with van der Waals surface area (Å²) in [4.78, 5) is 2.29. The lowest BCUT2D eigenvalue weighted by atomic mass is 9.98. The Morgan fingerprint density at radius 3 is 2.75 bits per heavy atom. The van der Waals surface area contributed by atoms with Crippen molar-refractivity contribution in [3.63, 3.8) is 0 Å². The van der Waals surface area contributed by atoms with E-state index in [4.69, 9.17) is 0 Å². The van der Waals surface area contributed by atoms with Crippen molar-refractivity contribution < 1.29 is 8.42 Å². The molecule has 20 heavy (non-hydrogen) atoms. The van der Waals surface area contributed by atoms with Crippen LogP contribution in [0.3, 0.4) is 0 Å². The minimum atomic E-state index is -3.34. The first kappa shape index (κ1) is 15.9. The molecule has 2 heterocycles. The molecule has 0 unspecified atom stereocenters. The first-order valence-electron chi connectivity index (χ1n) is 6.91. The van der Waals surface area contributed by atoms with Gasteiger partial charge in [0.2, 0.25) is 10.0 Å². The number of sulfonamides is 1. The van der Waals surface area contributed by atoms with Crippen molar-refractivity contribution in [3.8, 4) is 0 Å². The third-order valence-corrected chi connectivity index (χ3v) is 6.59. The standard InChI is InChI=1S/C13H23N3O2S2/c1-14-8-12-7-13(19-10-12)20(17,18)15-9-11-3-5-16(2)6-4-11/h7,10-11,14-15H,3-6,8-9H2,1-2H3. The van der Waals surface area contributed by atoms with E-state index in [1.165, 1.54) is 11.3 Å². The average Bonchev–Trinajstić information content (AvgIpc) is 2.88. The fourth-order valence-corrected chi connectivity index (χ4v) is 4.73. The predicted octanol–water partition coefficient (Wildman–Crippen LogP) is 1.09. The van der Waals surface area contributed by atoms with Crippen LogP contribution in [0, 0.1) is 5.92 Å². The number of piperidine rings is 1. The number of nitrogens with one attached hydrogen (secondary N) is 2. The summed E-state index contributed by atoms with van der Waals surface area (Å²) in [6.45, 7) is 3.35. The molecule has 0 radical (unpaired) electrons. The van der Waals surface area contributed by atoms with Crippen LogP contribution in [-0.4, -0.2) is 47.0 Å². The molecule has 1 aromatic heterocycles. The van der Waals surface area contributed by atoms with Crippen LogP contribution >= 0.6 is 11.3 Å². The van der Waals surface area contributed by atoms with Crippen LogP contribution in [-0.2, 0) is 16.6 Å². The molecule has 0 atom stereocenters. The van der Waals surface area contributed by atoms with Gasteiger partial charge in [-0.15, -0.1) is 11.3 Å². The van der Waals surface area contributed by atoms with E-state index in [2.05, 4.69) is 22.0 Å². The summed E-state index contributed by atoms with van der Waals surface area (Å²) in [6, 6.07) is 1.75. The second-order valence-electron chi connectivity index (χ2n) is 5.40. The van der Waals surface area contributed by atoms with Crippen LogP contribution < -0.4 is 10.0 Å². The lowest BCUT2D eigenvalue weighted by Crippen LogP contribution is -2.36. The molecule has 0 saturated carbocycles. The Balaban J connectivity index is 1.90. The van der Waals surface area contributed by atoms with Crippen LogP contribution in [0.15, 0.2) is 15.7 Å². The molecule has 114 valence electrons. The number of thiophene rings is 1. The average molecular weight is 317 g/mol. The van der Waals surface area contributed by atoms with E-state index in [0.717, 1.165) is 31.5 Å². The largest absolute Gasteiger partial charge is 0.316 e. The summed E-state index contributed by atoms with van der Waals surface area (Å²) in [5.41, 5.74) is 1.01. The van der Waals surface area contributed by atoms with Gasteiger partial charge in [0.1, 0.15) is 4.21 Å². The zero-order valence-electron chi connectivity index (χ0n) is 12.1. The minimum absolute atomic E-state index is 0.413. The van der Waals surface area contributed by atoms with Gasteiger partial charge in [-0.05, 0) is 63.0 Å². The fraction of sp³-hybridized carbons (Fsp3) is 0.692. The van der Waals surface area contributed by atoms with Crippen molar-refractivity contribution in [1.29, 1.82) is 0 Å². The maximum Gasteiger partial charge on any atom is 0.250 e. The zero-order chi connectivity index (χ0) is 14.6. The van der Waals surface area contributed by atoms with E-state index in [9.17, 15) is 8.42 Å². The predicted molar refractivity (Wildman–Crippen MR) is 82.5 cm³/mol. The molecule has 0 bridgehead atoms. The van der Waals surface area contributed by atoms with Crippen LogP contribution in [0.4, 0.5) is 0 Å². The highest BCUT2D eigenvalue weighted by Crippen LogP contribution is 2.21. The van der Waals surface area contributed by atoms with Gasteiger partial charge in [-0.2, -0.15) is 0 Å². The monoisotopic (exact) mass is 317 g/mol. The van der Waals surface area contributed by atoms with Gasteiger partial charge < -0.3 is 10.2 Å². The maximum atomic E-state index is 12.2. The van der Waals surface area contributed by atoms with E-state index in [0.29, 0.717) is 23.2 Å². The van der Waals surface area contributed by atoms with E-state index >= 15 is 0 Å². The van der Waals surface area contributed by atoms with Crippen molar-refractivity contribution in [1.82, 2.24) is 14.9 Å². The van der Waals surface area contributed by atoms with Crippen molar-refractivity contribution in [2.45, 2.75) is 23.6 Å². The molecule has 0 aliphatic carbocycles. The topological polar surface area (TPSA) is 61.4 Å². The van der Waals surface area contributed by atoms with Crippen molar-refractivity contribution in [2.75, 3.05) is 33.7 Å². The molecule has 7 heteroatoms. The molecule has 0 spiro atoms. The number of nitrogens with zero attached hydrogens (tertiary/aromatic N) is 1. The highest BCUT2D eigenvalue weighted by molar-refractivity contribution is 7.91. The van der Waals surface area contributed by atoms with Gasteiger partial charge in [-0.1, -0.05) is 0 Å². The third-order valence-electron chi connectivity index (χ3n) is 3.68. The number of hydrogen-bond acceptors (Lipinski definition) is 5. The van der Waals surface area contributed by atoms with Gasteiger partial charge in [-0.3, -0.25) is 0 Å². The van der Waals surface area contributed by atoms with E-state index < -0.39 is 10.0 Å². The third kappa shape index (κ3) is 4.26. The van der Waals surface area contributed by atoms with Crippen molar-refractivity contribution >= 4 is 21.4 Å². The lowest BCUT2D eigenvalue weighted by Gasteiger charge is -2.28. The van der Waals surface area contributed by atoms with E-state index in [-0.39, 0.29) is 0 Å². The van der Waals surface area contributed by atoms with Gasteiger partial charge in [0.25, 0.3) is 0 Å². The van der Waals surface area contributed by atoms with Crippen LogP contribution in [0.25, 0.3) is 0 Å². The minimum Gasteiger partial charge on any atom is -0.316 e. The molecule has 1 aromatic rings. The summed E-state index contributed by atoms with van der Waals surface area (Å²) in [5, 5.41) is 4.91. The van der Waals surface area contributed by atoms with E-state index in [1.807, 2.05) is 12.4 Å². The molecular formula is C13H23N3O2S2. The van der Waals surface area contributed by atoms with Gasteiger partial charge in [0, 0.05) is 13.1 Å². The Hall–Kier alpha value is -0.470. The summed E-state index contributed by atoms with van der Waals surface area (Å²) < 4.78 is 27.6. The quantitative estimate of drug-likeness (QED) is 0.824. The molecule has 1 saturated heterocycles. The van der Waals surface area contributed by atoms with Gasteiger partial charge in [-0.25, -0.2) is 13.1 Å². The summed E-state index contributed by atoms with van der Waals surface area (Å²) in [5.74, 6) is 0.456. The van der Waals surface area contributed by atoms with Crippen molar-refractivity contribution in [3.05, 3.63) is 17.0 Å². The molecule has 0 aromatic carbocycles. The Labute approximate surface area is 125 Å². The highest BCUT2D eigenvalue weighted by atomic mass is 32.2. The second-order valence-corrected chi connectivity index (χ2v) is 8.31. The highest BCUT2D eigenvalue weighted by Gasteiger charge is 2.21. The summed E-state index contributed by atoms with van der Waals surface area (Å²) >= 11 is 1.28. The molecule has 0 amide bonds. The Bertz CT molecular complexity index is 519. The molecule has 1 fully saturated rings. The maximum absolute atomic E-state index is 12.2. The second kappa shape index (κ2) is 7.00. The Morgan fingerprint density at radius 2 is 2.10 bits per heavy atom. The van der Waals surface area contributed by atoms with E-state index in [1.54, 1.807) is 6.07 Å². The SMILES string of the molecule is CNCc1csc(S(=O)(=O)NCC2CCN(C)CC2)c1. The van der Waals surface area contributed by atoms with Crippen LogP contribution in [0.1, 0.15) is 18.4 Å². The number of rotatable bonds is 6. The fourth-order valence-electron chi connectivity index (χ4n) is 2.36. The first-order chi connectivity index (χ1) is 9.51. The van der Waals surface area contributed by atoms with Gasteiger partial charge in [0.05, 0.1) is 0 Å². The van der Waals surface area contributed by atoms with Gasteiger partial charge >= 0.3 is 0 Å². The smallest absolute Gasteiger partial charge is 0.250 e. The number of likely N-dealkylation sites (tertiary alicyclic amines) is 1. The Morgan fingerprint density at radius 1 is 1.40 bits per heavy atom. The molecule has 1 aliphatic rings. The Kier molecular flexibility index (Phi) is 5.57. The molecule has 1 aliphatic heterocycles. The molecule has 2 rings (SSSR count). The van der Waals surface area contributed by atoms with Crippen LogP contribution in [0.2, 0.25) is 0 Å². The summed E-state index contributed by atoms with van der Waals surface area (Å²) in [6.07, 6.45) is 2.13. The normalized spacial score (nSPS) is 18.5. The van der Waals surface area contributed by atoms with Crippen LogP contribution in [0.5, 0.6) is 0 Å². The molecule has 5 nitrogen and oxygen atoms in total. The molecular weight excluding hydrogens is 294 g/mol. The zero-order valence-corrected chi connectivity index (χ0v) is 13.7.